The van der Waals surface area contributed by atoms with Gasteiger partial charge in [-0.2, -0.15) is 4.98 Å². The number of benzene rings is 1. The van der Waals surface area contributed by atoms with E-state index in [1.165, 1.54) is 5.56 Å². The molecule has 0 unspecified atom stereocenters. The Kier molecular flexibility index (Phi) is 2.48. The molecule has 1 aromatic carbocycles. The van der Waals surface area contributed by atoms with Gasteiger partial charge >= 0.3 is 0 Å². The number of rotatable bonds is 3. The highest BCUT2D eigenvalue weighted by atomic mass is 16.5. The Morgan fingerprint density at radius 3 is 3.15 bits per heavy atom. The average molecular weight is 270 g/mol. The molecule has 20 heavy (non-hydrogen) atoms. The smallest absolute Gasteiger partial charge is 0.292 e. The van der Waals surface area contributed by atoms with Crippen molar-refractivity contribution in [3.8, 4) is 11.5 Å². The molecule has 0 bridgehead atoms. The van der Waals surface area contributed by atoms with E-state index in [0.717, 1.165) is 37.1 Å². The molecule has 2 heterocycles. The van der Waals surface area contributed by atoms with Gasteiger partial charge in [0.25, 0.3) is 17.6 Å². The number of nitrogens with zero attached hydrogens (tertiary/aromatic N) is 2. The van der Waals surface area contributed by atoms with Gasteiger partial charge in [-0.1, -0.05) is 11.2 Å². The van der Waals surface area contributed by atoms with E-state index in [1.54, 1.807) is 0 Å². The topological polar surface area (TPSA) is 80.0 Å². The standard InChI is InChI=1S/C14H14N4O2/c19-13(16-10-3-4-10)12-17-14(20-18-12)9-2-1-8-5-6-15-11(8)7-9/h1-2,7,10,15H,3-6H2,(H,16,19). The quantitative estimate of drug-likeness (QED) is 0.885. The molecule has 1 fully saturated rings. The molecule has 0 saturated heterocycles. The summed E-state index contributed by atoms with van der Waals surface area (Å²) in [6, 6.07) is 6.27. The van der Waals surface area contributed by atoms with Crippen LogP contribution in [0.3, 0.4) is 0 Å². The highest BCUT2D eigenvalue weighted by Crippen LogP contribution is 2.28. The Balaban J connectivity index is 1.59. The molecule has 2 aliphatic rings. The van der Waals surface area contributed by atoms with Crippen molar-refractivity contribution >= 4 is 11.6 Å². The molecule has 2 aromatic rings. The van der Waals surface area contributed by atoms with Crippen molar-refractivity contribution in [1.29, 1.82) is 0 Å². The largest absolute Gasteiger partial charge is 0.384 e. The number of carbonyl (C=O) groups is 1. The van der Waals surface area contributed by atoms with E-state index in [9.17, 15) is 4.79 Å². The third-order valence-electron chi connectivity index (χ3n) is 3.61. The molecule has 1 saturated carbocycles. The van der Waals surface area contributed by atoms with Crippen molar-refractivity contribution in [2.45, 2.75) is 25.3 Å². The number of hydrogen-bond donors (Lipinski definition) is 2. The molecule has 6 heteroatoms. The molecule has 1 amide bonds. The Labute approximate surface area is 115 Å². The first-order chi connectivity index (χ1) is 9.79. The summed E-state index contributed by atoms with van der Waals surface area (Å²) in [5.74, 6) is 0.213. The van der Waals surface area contributed by atoms with Crippen molar-refractivity contribution < 1.29 is 9.32 Å². The fraction of sp³-hybridized carbons (Fsp3) is 0.357. The maximum absolute atomic E-state index is 11.8. The number of carbonyl (C=O) groups excluding carboxylic acids is 1. The van der Waals surface area contributed by atoms with Crippen LogP contribution in [0.5, 0.6) is 0 Å². The van der Waals surface area contributed by atoms with Crippen molar-refractivity contribution in [1.82, 2.24) is 15.5 Å². The fourth-order valence-corrected chi connectivity index (χ4v) is 2.33. The number of fused-ring (bicyclic) bond motifs is 1. The summed E-state index contributed by atoms with van der Waals surface area (Å²) >= 11 is 0. The number of anilines is 1. The zero-order valence-electron chi connectivity index (χ0n) is 10.8. The maximum Gasteiger partial charge on any atom is 0.292 e. The molecular weight excluding hydrogens is 256 g/mol. The summed E-state index contributed by atoms with van der Waals surface area (Å²) in [6.45, 7) is 0.956. The summed E-state index contributed by atoms with van der Waals surface area (Å²) in [6.07, 6.45) is 3.11. The van der Waals surface area contributed by atoms with Crippen LogP contribution in [0.1, 0.15) is 29.0 Å². The fourth-order valence-electron chi connectivity index (χ4n) is 2.33. The van der Waals surface area contributed by atoms with Crippen LogP contribution in [0.25, 0.3) is 11.5 Å². The van der Waals surface area contributed by atoms with Crippen LogP contribution in [0, 0.1) is 0 Å². The highest BCUT2D eigenvalue weighted by molar-refractivity contribution is 5.91. The molecule has 6 nitrogen and oxygen atoms in total. The summed E-state index contributed by atoms with van der Waals surface area (Å²) in [5.41, 5.74) is 3.22. The summed E-state index contributed by atoms with van der Waals surface area (Å²) < 4.78 is 5.18. The van der Waals surface area contributed by atoms with E-state index in [4.69, 9.17) is 4.52 Å². The van der Waals surface area contributed by atoms with Gasteiger partial charge in [-0.15, -0.1) is 0 Å². The zero-order valence-corrected chi connectivity index (χ0v) is 10.8. The lowest BCUT2D eigenvalue weighted by atomic mass is 10.1. The van der Waals surface area contributed by atoms with E-state index in [2.05, 4.69) is 26.8 Å². The third kappa shape index (κ3) is 2.03. The van der Waals surface area contributed by atoms with Crippen LogP contribution >= 0.6 is 0 Å². The molecule has 0 atom stereocenters. The van der Waals surface area contributed by atoms with Gasteiger partial charge in [-0.25, -0.2) is 0 Å². The van der Waals surface area contributed by atoms with Gasteiger partial charge in [0.1, 0.15) is 0 Å². The zero-order chi connectivity index (χ0) is 13.5. The van der Waals surface area contributed by atoms with Gasteiger partial charge in [-0.05, 0) is 37.0 Å². The second-order valence-corrected chi connectivity index (χ2v) is 5.22. The first-order valence-electron chi connectivity index (χ1n) is 6.81. The van der Waals surface area contributed by atoms with Crippen LogP contribution in [0.2, 0.25) is 0 Å². The second-order valence-electron chi connectivity index (χ2n) is 5.22. The number of nitrogens with one attached hydrogen (secondary N) is 2. The van der Waals surface area contributed by atoms with Crippen molar-refractivity contribution in [2.24, 2.45) is 0 Å². The Bertz CT molecular complexity index is 676. The van der Waals surface area contributed by atoms with Crippen molar-refractivity contribution in [3.05, 3.63) is 29.6 Å². The second kappa shape index (κ2) is 4.33. The monoisotopic (exact) mass is 270 g/mol. The molecule has 1 aliphatic heterocycles. The lowest BCUT2D eigenvalue weighted by molar-refractivity contribution is 0.0937. The van der Waals surface area contributed by atoms with Crippen LogP contribution in [-0.4, -0.2) is 28.6 Å². The van der Waals surface area contributed by atoms with E-state index in [-0.39, 0.29) is 17.8 Å². The van der Waals surface area contributed by atoms with Crippen LogP contribution in [0.15, 0.2) is 22.7 Å². The predicted octanol–water partition coefficient (Wildman–Crippen LogP) is 1.60. The SMILES string of the molecule is O=C(NC1CC1)c1noc(-c2ccc3c(c2)NCC3)n1. The van der Waals surface area contributed by atoms with Gasteiger partial charge in [0.05, 0.1) is 0 Å². The minimum Gasteiger partial charge on any atom is -0.384 e. The summed E-state index contributed by atoms with van der Waals surface area (Å²) in [7, 11) is 0. The Morgan fingerprint density at radius 1 is 1.40 bits per heavy atom. The normalized spacial score (nSPS) is 16.6. The number of aromatic nitrogens is 2. The molecule has 0 radical (unpaired) electrons. The van der Waals surface area contributed by atoms with E-state index < -0.39 is 0 Å². The lowest BCUT2D eigenvalue weighted by Crippen LogP contribution is -2.26. The van der Waals surface area contributed by atoms with Gasteiger partial charge in [-0.3, -0.25) is 4.79 Å². The molecule has 4 rings (SSSR count). The maximum atomic E-state index is 11.8. The van der Waals surface area contributed by atoms with Gasteiger partial charge in [0.15, 0.2) is 0 Å². The first-order valence-corrected chi connectivity index (χ1v) is 6.81. The molecular formula is C14H14N4O2. The lowest BCUT2D eigenvalue weighted by Gasteiger charge is -2.00. The van der Waals surface area contributed by atoms with E-state index >= 15 is 0 Å². The number of hydrogen-bond acceptors (Lipinski definition) is 5. The Morgan fingerprint density at radius 2 is 2.30 bits per heavy atom. The molecule has 2 N–H and O–H groups in total. The highest BCUT2D eigenvalue weighted by Gasteiger charge is 2.26. The predicted molar refractivity (Wildman–Crippen MR) is 72.4 cm³/mol. The third-order valence-corrected chi connectivity index (χ3v) is 3.61. The van der Waals surface area contributed by atoms with Gasteiger partial charge in [0, 0.05) is 23.8 Å². The minimum absolute atomic E-state index is 0.0976. The molecule has 1 aromatic heterocycles. The van der Waals surface area contributed by atoms with Crippen LogP contribution in [-0.2, 0) is 6.42 Å². The van der Waals surface area contributed by atoms with E-state index in [0.29, 0.717) is 5.89 Å². The minimum atomic E-state index is -0.262. The van der Waals surface area contributed by atoms with Crippen molar-refractivity contribution in [3.63, 3.8) is 0 Å². The first kappa shape index (κ1) is 11.5. The summed E-state index contributed by atoms with van der Waals surface area (Å²) in [5, 5.41) is 9.89. The van der Waals surface area contributed by atoms with Gasteiger partial charge in [0.2, 0.25) is 0 Å². The van der Waals surface area contributed by atoms with Crippen molar-refractivity contribution in [2.75, 3.05) is 11.9 Å². The van der Waals surface area contributed by atoms with Gasteiger partial charge < -0.3 is 15.2 Å². The van der Waals surface area contributed by atoms with Crippen LogP contribution < -0.4 is 10.6 Å². The van der Waals surface area contributed by atoms with Crippen LogP contribution in [0.4, 0.5) is 5.69 Å². The number of amides is 1. The molecule has 0 spiro atoms. The molecule has 1 aliphatic carbocycles. The Hall–Kier alpha value is -2.37. The summed E-state index contributed by atoms with van der Waals surface area (Å²) in [4.78, 5) is 16.0. The van der Waals surface area contributed by atoms with E-state index in [1.807, 2.05) is 12.1 Å². The average Bonchev–Trinajstić information content (AvgIpc) is 2.96. The molecule has 102 valence electrons.